The number of para-hydroxylation sites is 1. The Balaban J connectivity index is 0.00000289. The fraction of sp³-hybridized carbons (Fsp3) is 0.519. The fourth-order valence-electron chi connectivity index (χ4n) is 4.92. The number of carbonyl (C=O) groups excluding carboxylic acids is 1. The van der Waals surface area contributed by atoms with Crippen molar-refractivity contribution < 1.29 is 9.53 Å². The van der Waals surface area contributed by atoms with Crippen LogP contribution in [-0.4, -0.2) is 48.0 Å². The quantitative estimate of drug-likeness (QED) is 0.542. The SMILES string of the molecule is CC(C)Oc1ccccc1C1CCN(Cc2cccc(C(=O)N3CCCCC3)c2)CC1.Cl. The number of rotatable bonds is 6. The van der Waals surface area contributed by atoms with Gasteiger partial charge in [-0.1, -0.05) is 30.3 Å². The molecule has 0 spiro atoms. The van der Waals surface area contributed by atoms with E-state index in [-0.39, 0.29) is 24.4 Å². The normalized spacial score (nSPS) is 17.8. The van der Waals surface area contributed by atoms with Gasteiger partial charge >= 0.3 is 0 Å². The maximum absolute atomic E-state index is 12.9. The number of hydrogen-bond donors (Lipinski definition) is 0. The molecule has 0 aliphatic carbocycles. The molecule has 2 aliphatic heterocycles. The van der Waals surface area contributed by atoms with Crippen LogP contribution in [0.15, 0.2) is 48.5 Å². The van der Waals surface area contributed by atoms with Crippen LogP contribution in [0.4, 0.5) is 0 Å². The first-order valence-electron chi connectivity index (χ1n) is 12.0. The topological polar surface area (TPSA) is 32.8 Å². The summed E-state index contributed by atoms with van der Waals surface area (Å²) in [6.45, 7) is 9.04. The second kappa shape index (κ2) is 11.7. The van der Waals surface area contributed by atoms with E-state index in [4.69, 9.17) is 4.74 Å². The molecule has 0 bridgehead atoms. The minimum absolute atomic E-state index is 0. The van der Waals surface area contributed by atoms with Crippen molar-refractivity contribution in [3.05, 3.63) is 65.2 Å². The summed E-state index contributed by atoms with van der Waals surface area (Å²) in [6, 6.07) is 16.8. The van der Waals surface area contributed by atoms with Gasteiger partial charge in [0.05, 0.1) is 6.10 Å². The van der Waals surface area contributed by atoms with Crippen molar-refractivity contribution >= 4 is 18.3 Å². The molecule has 0 N–H and O–H groups in total. The van der Waals surface area contributed by atoms with Crippen LogP contribution >= 0.6 is 12.4 Å². The van der Waals surface area contributed by atoms with Crippen LogP contribution in [0.2, 0.25) is 0 Å². The number of carbonyl (C=O) groups is 1. The lowest BCUT2D eigenvalue weighted by Crippen LogP contribution is -2.35. The Hall–Kier alpha value is -2.04. The molecule has 2 heterocycles. The van der Waals surface area contributed by atoms with Crippen LogP contribution in [-0.2, 0) is 6.54 Å². The Bertz CT molecular complexity index is 871. The largest absolute Gasteiger partial charge is 0.491 e. The zero-order chi connectivity index (χ0) is 21.6. The molecule has 2 fully saturated rings. The van der Waals surface area contributed by atoms with E-state index < -0.39 is 0 Å². The summed E-state index contributed by atoms with van der Waals surface area (Å²) in [4.78, 5) is 17.4. The third-order valence-electron chi connectivity index (χ3n) is 6.53. The minimum Gasteiger partial charge on any atom is -0.491 e. The van der Waals surface area contributed by atoms with Gasteiger partial charge in [-0.15, -0.1) is 12.4 Å². The smallest absolute Gasteiger partial charge is 0.253 e. The molecule has 0 atom stereocenters. The van der Waals surface area contributed by atoms with Crippen molar-refractivity contribution in [1.82, 2.24) is 9.80 Å². The third-order valence-corrected chi connectivity index (χ3v) is 6.53. The maximum atomic E-state index is 12.9. The lowest BCUT2D eigenvalue weighted by molar-refractivity contribution is 0.0724. The summed E-state index contributed by atoms with van der Waals surface area (Å²) in [5.74, 6) is 1.79. The number of halogens is 1. The van der Waals surface area contributed by atoms with Gasteiger partial charge in [0.2, 0.25) is 0 Å². The molecule has 174 valence electrons. The fourth-order valence-corrected chi connectivity index (χ4v) is 4.92. The molecule has 0 saturated carbocycles. The van der Waals surface area contributed by atoms with E-state index in [0.717, 1.165) is 69.7 Å². The summed E-state index contributed by atoms with van der Waals surface area (Å²) >= 11 is 0. The summed E-state index contributed by atoms with van der Waals surface area (Å²) in [6.07, 6.45) is 5.99. The first kappa shape index (κ1) is 24.6. The number of benzene rings is 2. The zero-order valence-electron chi connectivity index (χ0n) is 19.5. The second-order valence-corrected chi connectivity index (χ2v) is 9.31. The highest BCUT2D eigenvalue weighted by atomic mass is 35.5. The second-order valence-electron chi connectivity index (χ2n) is 9.31. The van der Waals surface area contributed by atoms with Crippen molar-refractivity contribution in [3.63, 3.8) is 0 Å². The molecule has 2 saturated heterocycles. The molecule has 5 heteroatoms. The van der Waals surface area contributed by atoms with E-state index in [2.05, 4.69) is 55.1 Å². The van der Waals surface area contributed by atoms with Gasteiger partial charge in [0.1, 0.15) is 5.75 Å². The average Bonchev–Trinajstić information content (AvgIpc) is 2.80. The number of piperidine rings is 2. The minimum atomic E-state index is 0. The van der Waals surface area contributed by atoms with E-state index in [1.54, 1.807) is 0 Å². The predicted molar refractivity (Wildman–Crippen MR) is 133 cm³/mol. The Kier molecular flexibility index (Phi) is 9.01. The predicted octanol–water partition coefficient (Wildman–Crippen LogP) is 5.90. The number of hydrogen-bond acceptors (Lipinski definition) is 3. The van der Waals surface area contributed by atoms with Crippen molar-refractivity contribution in [2.45, 2.75) is 64.5 Å². The van der Waals surface area contributed by atoms with Crippen LogP contribution in [0.5, 0.6) is 5.75 Å². The highest BCUT2D eigenvalue weighted by molar-refractivity contribution is 5.94. The molecule has 4 nitrogen and oxygen atoms in total. The van der Waals surface area contributed by atoms with Gasteiger partial charge in [-0.3, -0.25) is 9.69 Å². The highest BCUT2D eigenvalue weighted by Gasteiger charge is 2.24. The monoisotopic (exact) mass is 456 g/mol. The maximum Gasteiger partial charge on any atom is 0.253 e. The molecule has 2 aromatic carbocycles. The molecule has 2 aromatic rings. The van der Waals surface area contributed by atoms with Crippen molar-refractivity contribution in [3.8, 4) is 5.75 Å². The average molecular weight is 457 g/mol. The van der Waals surface area contributed by atoms with E-state index in [1.807, 2.05) is 17.0 Å². The lowest BCUT2D eigenvalue weighted by atomic mass is 9.88. The highest BCUT2D eigenvalue weighted by Crippen LogP contribution is 2.35. The van der Waals surface area contributed by atoms with Crippen LogP contribution < -0.4 is 4.74 Å². The van der Waals surface area contributed by atoms with Crippen molar-refractivity contribution in [2.24, 2.45) is 0 Å². The zero-order valence-corrected chi connectivity index (χ0v) is 20.3. The van der Waals surface area contributed by atoms with Gasteiger partial charge in [-0.2, -0.15) is 0 Å². The Morgan fingerprint density at radius 1 is 0.969 bits per heavy atom. The third kappa shape index (κ3) is 6.26. The molecular weight excluding hydrogens is 420 g/mol. The molecule has 0 unspecified atom stereocenters. The molecule has 4 rings (SSSR count). The number of nitrogens with zero attached hydrogens (tertiary/aromatic N) is 2. The molecule has 0 aromatic heterocycles. The van der Waals surface area contributed by atoms with Crippen LogP contribution in [0.3, 0.4) is 0 Å². The molecule has 1 amide bonds. The summed E-state index contributed by atoms with van der Waals surface area (Å²) < 4.78 is 6.06. The number of amides is 1. The van der Waals surface area contributed by atoms with Gasteiger partial charge in [0.15, 0.2) is 0 Å². The Labute approximate surface area is 199 Å². The summed E-state index contributed by atoms with van der Waals surface area (Å²) in [7, 11) is 0. The summed E-state index contributed by atoms with van der Waals surface area (Å²) in [5, 5.41) is 0. The van der Waals surface area contributed by atoms with Crippen molar-refractivity contribution in [1.29, 1.82) is 0 Å². The number of likely N-dealkylation sites (tertiary alicyclic amines) is 2. The Morgan fingerprint density at radius 3 is 2.41 bits per heavy atom. The van der Waals surface area contributed by atoms with E-state index in [0.29, 0.717) is 5.92 Å². The van der Waals surface area contributed by atoms with Gasteiger partial charge in [0, 0.05) is 25.2 Å². The van der Waals surface area contributed by atoms with Gasteiger partial charge in [-0.05, 0) is 94.3 Å². The van der Waals surface area contributed by atoms with E-state index >= 15 is 0 Å². The molecule has 2 aliphatic rings. The first-order chi connectivity index (χ1) is 15.1. The van der Waals surface area contributed by atoms with Gasteiger partial charge < -0.3 is 9.64 Å². The Morgan fingerprint density at radius 2 is 1.69 bits per heavy atom. The van der Waals surface area contributed by atoms with Crippen LogP contribution in [0.25, 0.3) is 0 Å². The van der Waals surface area contributed by atoms with E-state index in [9.17, 15) is 4.79 Å². The molecular formula is C27H37ClN2O2. The van der Waals surface area contributed by atoms with Gasteiger partial charge in [-0.25, -0.2) is 0 Å². The summed E-state index contributed by atoms with van der Waals surface area (Å²) in [5.41, 5.74) is 3.43. The van der Waals surface area contributed by atoms with E-state index in [1.165, 1.54) is 17.5 Å². The molecule has 32 heavy (non-hydrogen) atoms. The standard InChI is InChI=1S/C27H36N2O2.ClH/c1-21(2)31-26-12-5-4-11-25(26)23-13-17-28(18-14-23)20-22-9-8-10-24(19-22)27(30)29-15-6-3-7-16-29;/h4-5,8-12,19,21,23H,3,6-7,13-18,20H2,1-2H3;1H. The van der Waals surface area contributed by atoms with Crippen LogP contribution in [0.1, 0.15) is 73.4 Å². The van der Waals surface area contributed by atoms with Gasteiger partial charge in [0.25, 0.3) is 5.91 Å². The van der Waals surface area contributed by atoms with Crippen molar-refractivity contribution in [2.75, 3.05) is 26.2 Å². The lowest BCUT2D eigenvalue weighted by Gasteiger charge is -2.33. The van der Waals surface area contributed by atoms with Crippen LogP contribution in [0, 0.1) is 0 Å². The number of ether oxygens (including phenoxy) is 1. The molecule has 0 radical (unpaired) electrons. The first-order valence-corrected chi connectivity index (χ1v) is 12.0.